The van der Waals surface area contributed by atoms with E-state index in [9.17, 15) is 23.2 Å². The van der Waals surface area contributed by atoms with Gasteiger partial charge in [-0.3, -0.25) is 14.9 Å². The molecule has 0 radical (unpaired) electrons. The van der Waals surface area contributed by atoms with Crippen molar-refractivity contribution in [2.24, 2.45) is 5.73 Å². The van der Waals surface area contributed by atoms with Gasteiger partial charge < -0.3 is 25.2 Å². The van der Waals surface area contributed by atoms with Gasteiger partial charge in [0.2, 0.25) is 5.91 Å². The van der Waals surface area contributed by atoms with Crippen LogP contribution in [0.4, 0.5) is 19.4 Å². The summed E-state index contributed by atoms with van der Waals surface area (Å²) in [5, 5.41) is 12.6. The zero-order valence-electron chi connectivity index (χ0n) is 23.0. The summed E-state index contributed by atoms with van der Waals surface area (Å²) in [4.78, 5) is 42.8. The minimum Gasteiger partial charge on any atom is -0.464 e. The molecule has 0 fully saturated rings. The normalized spacial score (nSPS) is 12.4. The number of carbonyl (C=O) groups excluding carboxylic acids is 3. The van der Waals surface area contributed by atoms with E-state index in [0.29, 0.717) is 35.6 Å². The summed E-state index contributed by atoms with van der Waals surface area (Å²) in [7, 11) is 1.57. The number of carbonyl (C=O) groups is 3. The number of hydrogen-bond donors (Lipinski definition) is 3. The predicted octanol–water partition coefficient (Wildman–Crippen LogP) is 4.21. The lowest BCUT2D eigenvalue weighted by Gasteiger charge is -2.28. The van der Waals surface area contributed by atoms with Crippen molar-refractivity contribution in [3.63, 3.8) is 0 Å². The highest BCUT2D eigenvalue weighted by Gasteiger charge is 2.22. The summed E-state index contributed by atoms with van der Waals surface area (Å²) in [6, 6.07) is 8.44. The largest absolute Gasteiger partial charge is 0.464 e. The second kappa shape index (κ2) is 15.9. The second-order valence-electron chi connectivity index (χ2n) is 9.61. The SMILES string of the molecule is CN(C(=O)CCc1cccc(F)c1Cl)[C@@H](CCCCOC(=O)[C@H](N)CO)COC(=O)Nc1cc2cc(F)ccc2cn1. The van der Waals surface area contributed by atoms with Crippen molar-refractivity contribution < 1.29 is 37.7 Å². The number of pyridine rings is 1. The number of nitrogens with two attached hydrogens (primary N) is 1. The maximum atomic E-state index is 13.8. The molecule has 10 nitrogen and oxygen atoms in total. The second-order valence-corrected chi connectivity index (χ2v) is 9.99. The van der Waals surface area contributed by atoms with Gasteiger partial charge >= 0.3 is 12.1 Å². The number of likely N-dealkylation sites (N-methyl/N-ethyl adjacent to an activating group) is 1. The highest BCUT2D eigenvalue weighted by atomic mass is 35.5. The Labute approximate surface area is 246 Å². The van der Waals surface area contributed by atoms with Crippen LogP contribution in [-0.2, 0) is 25.5 Å². The number of esters is 1. The first-order chi connectivity index (χ1) is 20.1. The number of anilines is 1. The molecule has 1 heterocycles. The van der Waals surface area contributed by atoms with Crippen molar-refractivity contribution in [3.05, 3.63) is 70.9 Å². The topological polar surface area (TPSA) is 144 Å². The van der Waals surface area contributed by atoms with Gasteiger partial charge in [0.05, 0.1) is 24.3 Å². The third-order valence-corrected chi connectivity index (χ3v) is 7.00. The number of amides is 2. The Balaban J connectivity index is 1.59. The summed E-state index contributed by atoms with van der Waals surface area (Å²) >= 11 is 6.01. The van der Waals surface area contributed by atoms with Crippen LogP contribution in [0, 0.1) is 11.6 Å². The van der Waals surface area contributed by atoms with Gasteiger partial charge in [0, 0.05) is 25.1 Å². The Morgan fingerprint density at radius 2 is 1.90 bits per heavy atom. The molecule has 0 aliphatic rings. The number of hydrogen-bond acceptors (Lipinski definition) is 8. The first-order valence-electron chi connectivity index (χ1n) is 13.3. The lowest BCUT2D eigenvalue weighted by atomic mass is 10.1. The number of nitrogens with zero attached hydrogens (tertiary/aromatic N) is 2. The molecule has 2 amide bonds. The summed E-state index contributed by atoms with van der Waals surface area (Å²) in [5.74, 6) is -1.83. The maximum Gasteiger partial charge on any atom is 0.412 e. The predicted molar refractivity (Wildman–Crippen MR) is 153 cm³/mol. The molecule has 0 bridgehead atoms. The smallest absolute Gasteiger partial charge is 0.412 e. The molecule has 2 atom stereocenters. The van der Waals surface area contributed by atoms with Crippen LogP contribution in [0.5, 0.6) is 0 Å². The van der Waals surface area contributed by atoms with Crippen LogP contribution in [0.2, 0.25) is 5.02 Å². The van der Waals surface area contributed by atoms with Crippen molar-refractivity contribution in [1.29, 1.82) is 0 Å². The Morgan fingerprint density at radius 3 is 2.67 bits per heavy atom. The fourth-order valence-corrected chi connectivity index (χ4v) is 4.30. The van der Waals surface area contributed by atoms with Gasteiger partial charge in [0.15, 0.2) is 0 Å². The summed E-state index contributed by atoms with van der Waals surface area (Å²) in [5.41, 5.74) is 5.92. The molecule has 42 heavy (non-hydrogen) atoms. The van der Waals surface area contributed by atoms with Crippen molar-refractivity contribution in [1.82, 2.24) is 9.88 Å². The molecule has 0 saturated carbocycles. The Morgan fingerprint density at radius 1 is 1.12 bits per heavy atom. The number of nitrogens with one attached hydrogen (secondary N) is 1. The van der Waals surface area contributed by atoms with Gasteiger partial charge in [-0.15, -0.1) is 0 Å². The van der Waals surface area contributed by atoms with E-state index in [0.717, 1.165) is 0 Å². The van der Waals surface area contributed by atoms with E-state index in [1.807, 2.05) is 0 Å². The molecule has 0 spiro atoms. The number of fused-ring (bicyclic) bond motifs is 1. The number of aryl methyl sites for hydroxylation is 1. The Bertz CT molecular complexity index is 1400. The maximum absolute atomic E-state index is 13.8. The monoisotopic (exact) mass is 606 g/mol. The van der Waals surface area contributed by atoms with E-state index in [1.165, 1.54) is 41.4 Å². The van der Waals surface area contributed by atoms with Gasteiger partial charge in [-0.2, -0.15) is 0 Å². The number of aliphatic hydroxyl groups excluding tert-OH is 1. The zero-order valence-corrected chi connectivity index (χ0v) is 23.8. The first kappa shape index (κ1) is 32.6. The molecule has 3 aromatic rings. The van der Waals surface area contributed by atoms with Gasteiger partial charge in [0.25, 0.3) is 0 Å². The summed E-state index contributed by atoms with van der Waals surface area (Å²) in [6.45, 7) is -0.629. The lowest BCUT2D eigenvalue weighted by molar-refractivity contribution is -0.146. The first-order valence-corrected chi connectivity index (χ1v) is 13.7. The number of aliphatic hydroxyl groups is 1. The number of benzene rings is 2. The van der Waals surface area contributed by atoms with Crippen molar-refractivity contribution in [3.8, 4) is 0 Å². The van der Waals surface area contributed by atoms with Gasteiger partial charge in [-0.1, -0.05) is 23.7 Å². The Kier molecular flexibility index (Phi) is 12.4. The number of unbranched alkanes of at least 4 members (excludes halogenated alkanes) is 1. The van der Waals surface area contributed by atoms with Crippen LogP contribution in [0.1, 0.15) is 31.2 Å². The van der Waals surface area contributed by atoms with Crippen molar-refractivity contribution >= 4 is 46.2 Å². The van der Waals surface area contributed by atoms with Crippen molar-refractivity contribution in [2.45, 2.75) is 44.2 Å². The standard InChI is InChI=1S/C29H33ClF2N4O6/c1-36(26(38)11-9-18-5-4-7-23(32)27(18)30)22(6-2-3-12-41-28(39)24(33)16-37)17-42-29(40)35-25-14-20-13-21(31)10-8-19(20)15-34-25/h4-5,7-8,10,13-15,22,24,37H,2-3,6,9,11-12,16-17,33H2,1H3,(H,34,35,40)/t22-,24+/m0/s1. The molecule has 0 unspecified atom stereocenters. The average molecular weight is 607 g/mol. The van der Waals surface area contributed by atoms with Crippen LogP contribution < -0.4 is 11.1 Å². The number of aromatic nitrogens is 1. The van der Waals surface area contributed by atoms with Crippen LogP contribution in [0.3, 0.4) is 0 Å². The van der Waals surface area contributed by atoms with Crippen LogP contribution in [0.15, 0.2) is 48.7 Å². The molecule has 0 aliphatic carbocycles. The molecular weight excluding hydrogens is 574 g/mol. The Hall–Kier alpha value is -3.87. The lowest BCUT2D eigenvalue weighted by Crippen LogP contribution is -2.41. The fraction of sp³-hybridized carbons (Fsp3) is 0.379. The number of ether oxygens (including phenoxy) is 2. The molecule has 0 saturated heterocycles. The van der Waals surface area contributed by atoms with E-state index in [1.54, 1.807) is 19.2 Å². The third kappa shape index (κ3) is 9.61. The fourth-order valence-electron chi connectivity index (χ4n) is 4.08. The molecule has 2 aromatic carbocycles. The van der Waals surface area contributed by atoms with E-state index in [2.05, 4.69) is 10.3 Å². The van der Waals surface area contributed by atoms with E-state index >= 15 is 0 Å². The summed E-state index contributed by atoms with van der Waals surface area (Å²) in [6.07, 6.45) is 2.26. The van der Waals surface area contributed by atoms with Crippen LogP contribution >= 0.6 is 11.6 Å². The quantitative estimate of drug-likeness (QED) is 0.183. The average Bonchev–Trinajstić information content (AvgIpc) is 2.97. The van der Waals surface area contributed by atoms with Crippen LogP contribution in [0.25, 0.3) is 10.8 Å². The summed E-state index contributed by atoms with van der Waals surface area (Å²) < 4.78 is 37.8. The van der Waals surface area contributed by atoms with Crippen LogP contribution in [-0.4, -0.2) is 71.9 Å². The molecule has 13 heteroatoms. The van der Waals surface area contributed by atoms with E-state index < -0.39 is 42.4 Å². The molecule has 4 N–H and O–H groups in total. The minimum atomic E-state index is -1.11. The minimum absolute atomic E-state index is 0.0370. The molecule has 3 rings (SSSR count). The van der Waals surface area contributed by atoms with E-state index in [-0.39, 0.29) is 42.8 Å². The van der Waals surface area contributed by atoms with Gasteiger partial charge in [0.1, 0.15) is 30.1 Å². The number of rotatable bonds is 14. The van der Waals surface area contributed by atoms with Gasteiger partial charge in [-0.25, -0.2) is 18.6 Å². The molecule has 226 valence electrons. The van der Waals surface area contributed by atoms with Crippen molar-refractivity contribution in [2.75, 3.05) is 32.2 Å². The molecular formula is C29H33ClF2N4O6. The third-order valence-electron chi connectivity index (χ3n) is 6.58. The molecule has 0 aliphatic heterocycles. The molecule has 1 aromatic heterocycles. The highest BCUT2D eigenvalue weighted by molar-refractivity contribution is 6.31. The highest BCUT2D eigenvalue weighted by Crippen LogP contribution is 2.22. The number of halogens is 3. The van der Waals surface area contributed by atoms with E-state index in [4.69, 9.17) is 31.9 Å². The zero-order chi connectivity index (χ0) is 30.6. The van der Waals surface area contributed by atoms with Gasteiger partial charge in [-0.05, 0) is 67.0 Å².